The molecule has 0 spiro atoms. The van der Waals surface area contributed by atoms with Crippen molar-refractivity contribution < 1.29 is 0 Å². The van der Waals surface area contributed by atoms with Crippen molar-refractivity contribution in [3.63, 3.8) is 0 Å². The summed E-state index contributed by atoms with van der Waals surface area (Å²) in [5.74, 6) is 1.70. The van der Waals surface area contributed by atoms with Crippen molar-refractivity contribution in [1.29, 1.82) is 0 Å². The minimum Gasteiger partial charge on any atom is -0.305 e. The van der Waals surface area contributed by atoms with Gasteiger partial charge in [-0.1, -0.05) is 50.1 Å². The summed E-state index contributed by atoms with van der Waals surface area (Å²) in [5.41, 5.74) is 1.45. The number of hydrogen-bond acceptors (Lipinski definition) is 2. The highest BCUT2D eigenvalue weighted by Crippen LogP contribution is 2.31. The van der Waals surface area contributed by atoms with E-state index < -0.39 is 0 Å². The van der Waals surface area contributed by atoms with E-state index in [0.717, 1.165) is 18.1 Å². The van der Waals surface area contributed by atoms with Gasteiger partial charge in [0.05, 0.1) is 0 Å². The fraction of sp³-hybridized carbons (Fsp3) is 0.647. The van der Waals surface area contributed by atoms with Crippen LogP contribution in [-0.2, 0) is 5.54 Å². The van der Waals surface area contributed by atoms with E-state index in [2.05, 4.69) is 62.1 Å². The molecule has 0 heterocycles. The van der Waals surface area contributed by atoms with Crippen LogP contribution in [0.3, 0.4) is 0 Å². The Kier molecular flexibility index (Phi) is 5.35. The first kappa shape index (κ1) is 14.9. The molecule has 0 aromatic heterocycles. The molecular weight excluding hydrogens is 250 g/mol. The van der Waals surface area contributed by atoms with Crippen LogP contribution in [0.1, 0.15) is 51.5 Å². The molecule has 19 heavy (non-hydrogen) atoms. The van der Waals surface area contributed by atoms with Crippen molar-refractivity contribution in [1.82, 2.24) is 5.32 Å². The lowest BCUT2D eigenvalue weighted by molar-refractivity contribution is 0.209. The van der Waals surface area contributed by atoms with Gasteiger partial charge in [0.25, 0.3) is 0 Å². The largest absolute Gasteiger partial charge is 0.305 e. The zero-order valence-corrected chi connectivity index (χ0v) is 13.1. The predicted octanol–water partition coefficient (Wildman–Crippen LogP) is 4.39. The van der Waals surface area contributed by atoms with Gasteiger partial charge in [0, 0.05) is 11.6 Å². The van der Waals surface area contributed by atoms with Crippen molar-refractivity contribution >= 4 is 12.6 Å². The van der Waals surface area contributed by atoms with Gasteiger partial charge < -0.3 is 5.32 Å². The molecule has 106 valence electrons. The molecule has 0 radical (unpaired) electrons. The van der Waals surface area contributed by atoms with Crippen LogP contribution in [0.25, 0.3) is 0 Å². The molecular formula is C17H27NS. The van der Waals surface area contributed by atoms with Gasteiger partial charge in [-0.2, -0.15) is 12.6 Å². The molecule has 1 aromatic carbocycles. The van der Waals surface area contributed by atoms with E-state index in [4.69, 9.17) is 0 Å². The van der Waals surface area contributed by atoms with Crippen LogP contribution < -0.4 is 5.32 Å². The van der Waals surface area contributed by atoms with Crippen LogP contribution in [-0.4, -0.2) is 11.8 Å². The van der Waals surface area contributed by atoms with Crippen LogP contribution in [0.4, 0.5) is 0 Å². The monoisotopic (exact) mass is 277 g/mol. The third kappa shape index (κ3) is 3.76. The van der Waals surface area contributed by atoms with Crippen molar-refractivity contribution in [2.75, 3.05) is 5.75 Å². The topological polar surface area (TPSA) is 12.0 Å². The minimum absolute atomic E-state index is 0.0548. The highest BCUT2D eigenvalue weighted by atomic mass is 32.1. The quantitative estimate of drug-likeness (QED) is 0.761. The molecule has 1 aromatic rings. The average Bonchev–Trinajstić information content (AvgIpc) is 2.43. The Morgan fingerprint density at radius 2 is 1.89 bits per heavy atom. The van der Waals surface area contributed by atoms with Crippen LogP contribution >= 0.6 is 12.6 Å². The first-order chi connectivity index (χ1) is 9.15. The average molecular weight is 277 g/mol. The predicted molar refractivity (Wildman–Crippen MR) is 86.8 cm³/mol. The van der Waals surface area contributed by atoms with E-state index in [9.17, 15) is 0 Å². The molecule has 3 unspecified atom stereocenters. The third-order valence-corrected chi connectivity index (χ3v) is 4.86. The van der Waals surface area contributed by atoms with E-state index in [1.54, 1.807) is 0 Å². The van der Waals surface area contributed by atoms with Gasteiger partial charge in [0.2, 0.25) is 0 Å². The lowest BCUT2D eigenvalue weighted by Gasteiger charge is -2.40. The summed E-state index contributed by atoms with van der Waals surface area (Å²) in [5, 5.41) is 3.95. The van der Waals surface area contributed by atoms with Gasteiger partial charge in [-0.05, 0) is 43.4 Å². The van der Waals surface area contributed by atoms with Crippen molar-refractivity contribution in [3.8, 4) is 0 Å². The molecule has 2 heteroatoms. The van der Waals surface area contributed by atoms with Gasteiger partial charge in [0.1, 0.15) is 0 Å². The smallest absolute Gasteiger partial charge is 0.0416 e. The Labute approximate surface area is 123 Å². The Morgan fingerprint density at radius 1 is 1.21 bits per heavy atom. The van der Waals surface area contributed by atoms with E-state index in [-0.39, 0.29) is 5.54 Å². The van der Waals surface area contributed by atoms with Gasteiger partial charge >= 0.3 is 0 Å². The number of benzene rings is 1. The molecule has 0 saturated heterocycles. The minimum atomic E-state index is 0.0548. The normalized spacial score (nSPS) is 26.9. The van der Waals surface area contributed by atoms with Crippen LogP contribution in [0.2, 0.25) is 0 Å². The van der Waals surface area contributed by atoms with Crippen LogP contribution in [0.15, 0.2) is 30.3 Å². The first-order valence-electron chi connectivity index (χ1n) is 7.60. The summed E-state index contributed by atoms with van der Waals surface area (Å²) in [4.78, 5) is 0. The summed E-state index contributed by atoms with van der Waals surface area (Å²) < 4.78 is 0. The Morgan fingerprint density at radius 3 is 2.53 bits per heavy atom. The summed E-state index contributed by atoms with van der Waals surface area (Å²) >= 11 is 4.46. The standard InChI is InChI=1S/C17H27NS/c1-14-8-6-7-11-16(14)18-17(2,12-13-19)15-9-4-3-5-10-15/h3-5,9-10,14,16,18-19H,6-8,11-13H2,1-2H3. The molecule has 1 aliphatic carbocycles. The second-order valence-electron chi connectivity index (χ2n) is 6.18. The first-order valence-corrected chi connectivity index (χ1v) is 8.23. The van der Waals surface area contributed by atoms with Crippen LogP contribution in [0.5, 0.6) is 0 Å². The summed E-state index contributed by atoms with van der Waals surface area (Å²) in [6.45, 7) is 4.73. The zero-order valence-electron chi connectivity index (χ0n) is 12.2. The maximum atomic E-state index is 4.46. The van der Waals surface area contributed by atoms with Crippen LogP contribution in [0, 0.1) is 5.92 Å². The summed E-state index contributed by atoms with van der Waals surface area (Å²) in [6.07, 6.45) is 6.52. The Balaban J connectivity index is 2.15. The second-order valence-corrected chi connectivity index (χ2v) is 6.63. The molecule has 1 fully saturated rings. The molecule has 0 aliphatic heterocycles. The number of thiol groups is 1. The van der Waals surface area contributed by atoms with Crippen molar-refractivity contribution in [3.05, 3.63) is 35.9 Å². The number of hydrogen-bond donors (Lipinski definition) is 2. The lowest BCUT2D eigenvalue weighted by atomic mass is 9.81. The van der Waals surface area contributed by atoms with E-state index in [1.807, 2.05) is 0 Å². The zero-order chi connectivity index (χ0) is 13.7. The molecule has 3 atom stereocenters. The number of nitrogens with one attached hydrogen (secondary N) is 1. The maximum absolute atomic E-state index is 4.46. The van der Waals surface area contributed by atoms with Gasteiger partial charge in [0.15, 0.2) is 0 Å². The molecule has 1 aliphatic rings. The van der Waals surface area contributed by atoms with Crippen molar-refractivity contribution in [2.45, 2.75) is 57.5 Å². The third-order valence-electron chi connectivity index (χ3n) is 4.64. The summed E-state index contributed by atoms with van der Waals surface area (Å²) in [6, 6.07) is 11.5. The van der Waals surface area contributed by atoms with Gasteiger partial charge in [-0.15, -0.1) is 0 Å². The fourth-order valence-corrected chi connectivity index (χ4v) is 3.72. The SMILES string of the molecule is CC1CCCCC1NC(C)(CCS)c1ccccc1. The Hall–Kier alpha value is -0.470. The van der Waals surface area contributed by atoms with E-state index >= 15 is 0 Å². The highest BCUT2D eigenvalue weighted by molar-refractivity contribution is 7.80. The lowest BCUT2D eigenvalue weighted by Crippen LogP contribution is -2.49. The molecule has 2 rings (SSSR count). The Bertz CT molecular complexity index is 378. The van der Waals surface area contributed by atoms with E-state index in [0.29, 0.717) is 6.04 Å². The van der Waals surface area contributed by atoms with Crippen molar-refractivity contribution in [2.24, 2.45) is 5.92 Å². The molecule has 0 bridgehead atoms. The fourth-order valence-electron chi connectivity index (χ4n) is 3.27. The molecule has 0 amide bonds. The number of rotatable bonds is 5. The second kappa shape index (κ2) is 6.81. The molecule has 1 saturated carbocycles. The summed E-state index contributed by atoms with van der Waals surface area (Å²) in [7, 11) is 0. The molecule has 1 nitrogen and oxygen atoms in total. The van der Waals surface area contributed by atoms with E-state index in [1.165, 1.54) is 31.2 Å². The van der Waals surface area contributed by atoms with Gasteiger partial charge in [-0.3, -0.25) is 0 Å². The maximum Gasteiger partial charge on any atom is 0.0416 e. The van der Waals surface area contributed by atoms with Gasteiger partial charge in [-0.25, -0.2) is 0 Å². The highest BCUT2D eigenvalue weighted by Gasteiger charge is 2.31. The molecule has 1 N–H and O–H groups in total.